The van der Waals surface area contributed by atoms with E-state index in [0.29, 0.717) is 5.82 Å². The van der Waals surface area contributed by atoms with Crippen molar-refractivity contribution in [1.82, 2.24) is 10.3 Å². The molecule has 20 heavy (non-hydrogen) atoms. The number of nitrogens with zero attached hydrogens (tertiary/aromatic N) is 2. The van der Waals surface area contributed by atoms with Crippen LogP contribution in [0.4, 0.5) is 19.0 Å². The zero-order valence-electron chi connectivity index (χ0n) is 11.1. The lowest BCUT2D eigenvalue weighted by Gasteiger charge is -2.37. The Bertz CT molecular complexity index is 490. The van der Waals surface area contributed by atoms with Gasteiger partial charge >= 0.3 is 6.18 Å². The number of alkyl halides is 3. The largest absolute Gasteiger partial charge is 0.492 e. The van der Waals surface area contributed by atoms with Crippen LogP contribution in [-0.4, -0.2) is 37.3 Å². The fourth-order valence-electron chi connectivity index (χ4n) is 3.17. The number of nitrogens with one attached hydrogen (secondary N) is 1. The third-order valence-corrected chi connectivity index (χ3v) is 4.02. The number of piperazine rings is 1. The molecule has 7 heteroatoms. The van der Waals surface area contributed by atoms with Crippen molar-refractivity contribution in [2.75, 3.05) is 25.1 Å². The van der Waals surface area contributed by atoms with Crippen molar-refractivity contribution in [1.29, 1.82) is 0 Å². The first-order valence-corrected chi connectivity index (χ1v) is 6.61. The maximum atomic E-state index is 13.1. The van der Waals surface area contributed by atoms with Gasteiger partial charge in [0.25, 0.3) is 0 Å². The summed E-state index contributed by atoms with van der Waals surface area (Å²) in [5.74, 6) is 0.148. The highest BCUT2D eigenvalue weighted by Gasteiger charge is 2.42. The fourth-order valence-corrected chi connectivity index (χ4v) is 3.17. The minimum Gasteiger partial charge on any atom is -0.492 e. The van der Waals surface area contributed by atoms with E-state index in [2.05, 4.69) is 10.3 Å². The average Bonchev–Trinajstić information content (AvgIpc) is 2.65. The molecule has 1 aromatic rings. The Morgan fingerprint density at radius 1 is 1.30 bits per heavy atom. The number of pyridine rings is 1. The first kappa shape index (κ1) is 13.5. The van der Waals surface area contributed by atoms with Gasteiger partial charge in [0.15, 0.2) is 11.6 Å². The summed E-state index contributed by atoms with van der Waals surface area (Å²) in [6, 6.07) is 1.35. The molecule has 2 fully saturated rings. The van der Waals surface area contributed by atoms with Crippen LogP contribution in [0.15, 0.2) is 12.3 Å². The molecule has 2 atom stereocenters. The maximum Gasteiger partial charge on any atom is 0.420 e. The smallest absolute Gasteiger partial charge is 0.420 e. The highest BCUT2D eigenvalue weighted by Crippen LogP contribution is 2.43. The molecule has 2 saturated heterocycles. The van der Waals surface area contributed by atoms with Crippen LogP contribution in [-0.2, 0) is 6.18 Å². The SMILES string of the molecule is COc1c(C(F)(F)F)ccnc1N1C2CCC1CNC2. The molecule has 1 aromatic heterocycles. The summed E-state index contributed by atoms with van der Waals surface area (Å²) in [6.07, 6.45) is -1.28. The van der Waals surface area contributed by atoms with Crippen LogP contribution in [0, 0.1) is 0 Å². The minimum atomic E-state index is -4.43. The molecule has 2 unspecified atom stereocenters. The van der Waals surface area contributed by atoms with Gasteiger partial charge in [0.1, 0.15) is 5.56 Å². The van der Waals surface area contributed by atoms with Crippen molar-refractivity contribution in [3.05, 3.63) is 17.8 Å². The molecular formula is C13H16F3N3O. The molecule has 2 aliphatic rings. The molecule has 3 heterocycles. The van der Waals surface area contributed by atoms with Crippen LogP contribution >= 0.6 is 0 Å². The van der Waals surface area contributed by atoms with E-state index in [0.717, 1.165) is 32.0 Å². The van der Waals surface area contributed by atoms with Gasteiger partial charge in [-0.2, -0.15) is 13.2 Å². The molecule has 4 nitrogen and oxygen atoms in total. The molecule has 0 aliphatic carbocycles. The first-order valence-electron chi connectivity index (χ1n) is 6.61. The highest BCUT2D eigenvalue weighted by molar-refractivity contribution is 5.59. The minimum absolute atomic E-state index is 0.168. The van der Waals surface area contributed by atoms with Crippen molar-refractivity contribution >= 4 is 5.82 Å². The molecule has 1 N–H and O–H groups in total. The molecule has 0 saturated carbocycles. The van der Waals surface area contributed by atoms with E-state index in [4.69, 9.17) is 4.74 Å². The van der Waals surface area contributed by atoms with E-state index in [9.17, 15) is 13.2 Å². The van der Waals surface area contributed by atoms with Gasteiger partial charge in [-0.3, -0.25) is 0 Å². The Morgan fingerprint density at radius 2 is 1.95 bits per heavy atom. The van der Waals surface area contributed by atoms with Gasteiger partial charge < -0.3 is 15.0 Å². The lowest BCUT2D eigenvalue weighted by atomic mass is 10.1. The number of rotatable bonds is 2. The summed E-state index contributed by atoms with van der Waals surface area (Å²) in [5.41, 5.74) is -0.761. The standard InChI is InChI=1S/C13H16F3N3O/c1-20-11-10(13(14,15)16)4-5-18-12(11)19-8-2-3-9(19)7-17-6-8/h4-5,8-9,17H,2-3,6-7H2,1H3. The average molecular weight is 287 g/mol. The summed E-state index contributed by atoms with van der Waals surface area (Å²) in [5, 5.41) is 3.30. The molecule has 0 spiro atoms. The van der Waals surface area contributed by atoms with Gasteiger partial charge in [0.05, 0.1) is 7.11 Å². The quantitative estimate of drug-likeness (QED) is 0.903. The lowest BCUT2D eigenvalue weighted by molar-refractivity contribution is -0.138. The van der Waals surface area contributed by atoms with Crippen LogP contribution in [0.1, 0.15) is 18.4 Å². The predicted molar refractivity (Wildman–Crippen MR) is 67.9 cm³/mol. The molecule has 0 aromatic carbocycles. The number of halogens is 3. The van der Waals surface area contributed by atoms with Gasteiger partial charge in [-0.25, -0.2) is 4.98 Å². The highest BCUT2D eigenvalue weighted by atomic mass is 19.4. The van der Waals surface area contributed by atoms with Gasteiger partial charge in [0.2, 0.25) is 0 Å². The van der Waals surface area contributed by atoms with Crippen molar-refractivity contribution < 1.29 is 17.9 Å². The van der Waals surface area contributed by atoms with Crippen LogP contribution in [0.5, 0.6) is 5.75 Å². The zero-order chi connectivity index (χ0) is 14.3. The summed E-state index contributed by atoms with van der Waals surface area (Å²) in [4.78, 5) is 6.15. The van der Waals surface area contributed by atoms with Gasteiger partial charge in [0, 0.05) is 31.4 Å². The molecule has 3 rings (SSSR count). The van der Waals surface area contributed by atoms with Crippen LogP contribution in [0.25, 0.3) is 0 Å². The first-order chi connectivity index (χ1) is 9.52. The topological polar surface area (TPSA) is 37.4 Å². The molecule has 2 bridgehead atoms. The van der Waals surface area contributed by atoms with E-state index >= 15 is 0 Å². The summed E-state index contributed by atoms with van der Waals surface area (Å²) >= 11 is 0. The lowest BCUT2D eigenvalue weighted by Crippen LogP contribution is -2.52. The zero-order valence-corrected chi connectivity index (χ0v) is 11.1. The third-order valence-electron chi connectivity index (χ3n) is 4.02. The number of aromatic nitrogens is 1. The van der Waals surface area contributed by atoms with E-state index in [1.54, 1.807) is 0 Å². The molecular weight excluding hydrogens is 271 g/mol. The second kappa shape index (κ2) is 4.80. The summed E-state index contributed by atoms with van der Waals surface area (Å²) < 4.78 is 44.2. The Kier molecular flexibility index (Phi) is 3.24. The molecule has 110 valence electrons. The number of ether oxygens (including phenoxy) is 1. The monoisotopic (exact) mass is 287 g/mol. The fraction of sp³-hybridized carbons (Fsp3) is 0.615. The number of hydrogen-bond acceptors (Lipinski definition) is 4. The second-order valence-corrected chi connectivity index (χ2v) is 5.16. The van der Waals surface area contributed by atoms with Crippen LogP contribution < -0.4 is 15.0 Å². The Morgan fingerprint density at radius 3 is 2.50 bits per heavy atom. The number of anilines is 1. The number of fused-ring (bicyclic) bond motifs is 2. The Hall–Kier alpha value is -1.50. The van der Waals surface area contributed by atoms with E-state index in [1.165, 1.54) is 13.3 Å². The van der Waals surface area contributed by atoms with Crippen molar-refractivity contribution in [3.63, 3.8) is 0 Å². The normalized spacial score (nSPS) is 25.9. The molecule has 0 radical (unpaired) electrons. The number of hydrogen-bond donors (Lipinski definition) is 1. The van der Waals surface area contributed by atoms with Crippen molar-refractivity contribution in [2.24, 2.45) is 0 Å². The Labute approximate surface area is 114 Å². The molecule has 2 aliphatic heterocycles. The van der Waals surface area contributed by atoms with Gasteiger partial charge in [-0.1, -0.05) is 0 Å². The van der Waals surface area contributed by atoms with Gasteiger partial charge in [-0.15, -0.1) is 0 Å². The predicted octanol–water partition coefficient (Wildman–Crippen LogP) is 2.05. The number of methoxy groups -OCH3 is 1. The third kappa shape index (κ3) is 2.09. The van der Waals surface area contributed by atoms with Crippen LogP contribution in [0.3, 0.4) is 0 Å². The van der Waals surface area contributed by atoms with E-state index in [1.807, 2.05) is 4.90 Å². The van der Waals surface area contributed by atoms with Gasteiger partial charge in [-0.05, 0) is 18.9 Å². The second-order valence-electron chi connectivity index (χ2n) is 5.16. The molecule has 0 amide bonds. The van der Waals surface area contributed by atoms with Crippen molar-refractivity contribution in [2.45, 2.75) is 31.1 Å². The Balaban J connectivity index is 2.06. The maximum absolute atomic E-state index is 13.1. The van der Waals surface area contributed by atoms with Crippen LogP contribution in [0.2, 0.25) is 0 Å². The summed E-state index contributed by atoms with van der Waals surface area (Å²) in [6.45, 7) is 1.55. The van der Waals surface area contributed by atoms with Crippen molar-refractivity contribution in [3.8, 4) is 5.75 Å². The van der Waals surface area contributed by atoms with E-state index in [-0.39, 0.29) is 17.8 Å². The van der Waals surface area contributed by atoms with E-state index < -0.39 is 11.7 Å². The summed E-state index contributed by atoms with van der Waals surface area (Å²) in [7, 11) is 1.26.